The minimum atomic E-state index is 0.643. The topological polar surface area (TPSA) is 22.0 Å². The fourth-order valence-corrected chi connectivity index (χ4v) is 1.65. The standard InChI is InChI=1S/C10H8ClNO/c1-12-9-4-2-3-7(6-13)8(9)5-10(12)11/h2-6H,1H3. The smallest absolute Gasteiger partial charge is 0.150 e. The molecule has 0 saturated heterocycles. The predicted molar refractivity (Wildman–Crippen MR) is 53.3 cm³/mol. The van der Waals surface area contributed by atoms with Gasteiger partial charge in [-0.15, -0.1) is 0 Å². The molecule has 0 radical (unpaired) electrons. The second-order valence-corrected chi connectivity index (χ2v) is 3.31. The maximum Gasteiger partial charge on any atom is 0.150 e. The van der Waals surface area contributed by atoms with Crippen molar-refractivity contribution in [2.24, 2.45) is 7.05 Å². The van der Waals surface area contributed by atoms with Crippen molar-refractivity contribution < 1.29 is 4.79 Å². The van der Waals surface area contributed by atoms with Gasteiger partial charge in [-0.3, -0.25) is 4.79 Å². The zero-order valence-electron chi connectivity index (χ0n) is 7.12. The molecule has 0 amide bonds. The Morgan fingerprint density at radius 2 is 2.23 bits per heavy atom. The summed E-state index contributed by atoms with van der Waals surface area (Å²) in [5.74, 6) is 0. The van der Waals surface area contributed by atoms with E-state index in [4.69, 9.17) is 11.6 Å². The van der Waals surface area contributed by atoms with Gasteiger partial charge in [0.25, 0.3) is 0 Å². The molecule has 66 valence electrons. The Labute approximate surface area is 80.7 Å². The largest absolute Gasteiger partial charge is 0.335 e. The van der Waals surface area contributed by atoms with Crippen LogP contribution in [0.1, 0.15) is 10.4 Å². The predicted octanol–water partition coefficient (Wildman–Crippen LogP) is 2.64. The molecule has 1 aromatic heterocycles. The number of halogens is 1. The molecule has 2 aromatic rings. The number of benzene rings is 1. The van der Waals surface area contributed by atoms with Gasteiger partial charge in [-0.05, 0) is 12.1 Å². The van der Waals surface area contributed by atoms with Crippen molar-refractivity contribution in [3.63, 3.8) is 0 Å². The van der Waals surface area contributed by atoms with Gasteiger partial charge in [0.2, 0.25) is 0 Å². The molecule has 0 aliphatic carbocycles. The summed E-state index contributed by atoms with van der Waals surface area (Å²) in [6.07, 6.45) is 0.846. The molecule has 0 aliphatic heterocycles. The average molecular weight is 194 g/mol. The van der Waals surface area contributed by atoms with Gasteiger partial charge >= 0.3 is 0 Å². The Kier molecular flexibility index (Phi) is 1.85. The van der Waals surface area contributed by atoms with Crippen LogP contribution in [0.4, 0.5) is 0 Å². The van der Waals surface area contributed by atoms with Crippen LogP contribution in [0.2, 0.25) is 5.15 Å². The molecule has 2 nitrogen and oxygen atoms in total. The van der Waals surface area contributed by atoms with Gasteiger partial charge in [-0.1, -0.05) is 23.7 Å². The number of aryl methyl sites for hydroxylation is 1. The monoisotopic (exact) mass is 193 g/mol. The Hall–Kier alpha value is -1.28. The van der Waals surface area contributed by atoms with E-state index in [9.17, 15) is 4.79 Å². The molecule has 0 bridgehead atoms. The molecule has 1 aromatic carbocycles. The second-order valence-electron chi connectivity index (χ2n) is 2.92. The number of hydrogen-bond donors (Lipinski definition) is 0. The molecule has 13 heavy (non-hydrogen) atoms. The first-order valence-corrected chi connectivity index (χ1v) is 4.31. The van der Waals surface area contributed by atoms with Gasteiger partial charge in [0.15, 0.2) is 6.29 Å². The van der Waals surface area contributed by atoms with E-state index < -0.39 is 0 Å². The Morgan fingerprint density at radius 3 is 2.92 bits per heavy atom. The first-order chi connectivity index (χ1) is 6.24. The Balaban J connectivity index is 2.92. The van der Waals surface area contributed by atoms with Crippen molar-refractivity contribution in [1.29, 1.82) is 0 Å². The number of nitrogens with zero attached hydrogens (tertiary/aromatic N) is 1. The number of carbonyl (C=O) groups is 1. The lowest BCUT2D eigenvalue weighted by atomic mass is 10.1. The molecule has 0 aliphatic rings. The van der Waals surface area contributed by atoms with Crippen LogP contribution in [-0.2, 0) is 7.05 Å². The number of rotatable bonds is 1. The number of aromatic nitrogens is 1. The summed E-state index contributed by atoms with van der Waals surface area (Å²) in [5.41, 5.74) is 1.66. The van der Waals surface area contributed by atoms with Crippen molar-refractivity contribution in [3.05, 3.63) is 35.0 Å². The SMILES string of the molecule is Cn1c(Cl)cc2c(C=O)cccc21. The highest BCUT2D eigenvalue weighted by Crippen LogP contribution is 2.24. The summed E-state index contributed by atoms with van der Waals surface area (Å²) >= 11 is 5.93. The molecule has 0 saturated carbocycles. The van der Waals surface area contributed by atoms with Crippen molar-refractivity contribution in [3.8, 4) is 0 Å². The summed E-state index contributed by atoms with van der Waals surface area (Å²) < 4.78 is 1.85. The van der Waals surface area contributed by atoms with E-state index in [1.165, 1.54) is 0 Å². The lowest BCUT2D eigenvalue weighted by Crippen LogP contribution is -1.86. The Morgan fingerprint density at radius 1 is 1.46 bits per heavy atom. The third-order valence-electron chi connectivity index (χ3n) is 2.19. The van der Waals surface area contributed by atoms with Crippen LogP contribution in [0.15, 0.2) is 24.3 Å². The first-order valence-electron chi connectivity index (χ1n) is 3.93. The molecule has 0 N–H and O–H groups in total. The fourth-order valence-electron chi connectivity index (χ4n) is 1.45. The summed E-state index contributed by atoms with van der Waals surface area (Å²) in [5, 5.41) is 1.55. The summed E-state index contributed by atoms with van der Waals surface area (Å²) in [4.78, 5) is 10.7. The number of carbonyl (C=O) groups excluding carboxylic acids is 1. The van der Waals surface area contributed by atoms with E-state index in [0.717, 1.165) is 17.2 Å². The quantitative estimate of drug-likeness (QED) is 0.639. The van der Waals surface area contributed by atoms with Crippen LogP contribution in [0.5, 0.6) is 0 Å². The van der Waals surface area contributed by atoms with Crippen LogP contribution in [0.3, 0.4) is 0 Å². The van der Waals surface area contributed by atoms with Crippen LogP contribution in [0, 0.1) is 0 Å². The average Bonchev–Trinajstić information content (AvgIpc) is 2.43. The molecular formula is C10H8ClNO. The molecule has 3 heteroatoms. The van der Waals surface area contributed by atoms with Crippen molar-refractivity contribution in [2.45, 2.75) is 0 Å². The van der Waals surface area contributed by atoms with Crippen molar-refractivity contribution in [1.82, 2.24) is 4.57 Å². The molecule has 2 rings (SSSR count). The van der Waals surface area contributed by atoms with Gasteiger partial charge in [0, 0.05) is 23.5 Å². The van der Waals surface area contributed by atoms with Gasteiger partial charge in [0.05, 0.1) is 0 Å². The van der Waals surface area contributed by atoms with Gasteiger partial charge in [0.1, 0.15) is 5.15 Å². The van der Waals surface area contributed by atoms with E-state index >= 15 is 0 Å². The van der Waals surface area contributed by atoms with Crippen LogP contribution >= 0.6 is 11.6 Å². The Bertz CT molecular complexity index is 473. The van der Waals surface area contributed by atoms with Crippen LogP contribution in [-0.4, -0.2) is 10.9 Å². The summed E-state index contributed by atoms with van der Waals surface area (Å²) in [7, 11) is 1.87. The zero-order chi connectivity index (χ0) is 9.42. The van der Waals surface area contributed by atoms with Crippen LogP contribution in [0.25, 0.3) is 10.9 Å². The van der Waals surface area contributed by atoms with Crippen molar-refractivity contribution in [2.75, 3.05) is 0 Å². The molecule has 0 atom stereocenters. The minimum Gasteiger partial charge on any atom is -0.335 e. The molecule has 0 fully saturated rings. The molecule has 1 heterocycles. The highest BCUT2D eigenvalue weighted by molar-refractivity contribution is 6.31. The van der Waals surface area contributed by atoms with Crippen LogP contribution < -0.4 is 0 Å². The summed E-state index contributed by atoms with van der Waals surface area (Å²) in [6, 6.07) is 7.38. The second kappa shape index (κ2) is 2.89. The zero-order valence-corrected chi connectivity index (χ0v) is 7.88. The number of aldehydes is 1. The highest BCUT2D eigenvalue weighted by Gasteiger charge is 2.06. The fraction of sp³-hybridized carbons (Fsp3) is 0.100. The summed E-state index contributed by atoms with van der Waals surface area (Å²) in [6.45, 7) is 0. The van der Waals surface area contributed by atoms with E-state index in [-0.39, 0.29) is 0 Å². The first kappa shape index (κ1) is 8.32. The van der Waals surface area contributed by atoms with Gasteiger partial charge < -0.3 is 4.57 Å². The normalized spacial score (nSPS) is 10.6. The van der Waals surface area contributed by atoms with Gasteiger partial charge in [-0.2, -0.15) is 0 Å². The third kappa shape index (κ3) is 1.14. The maximum absolute atomic E-state index is 10.7. The lowest BCUT2D eigenvalue weighted by Gasteiger charge is -1.97. The van der Waals surface area contributed by atoms with E-state index in [1.807, 2.05) is 23.7 Å². The van der Waals surface area contributed by atoms with Gasteiger partial charge in [-0.25, -0.2) is 0 Å². The van der Waals surface area contributed by atoms with Crippen molar-refractivity contribution >= 4 is 28.8 Å². The van der Waals surface area contributed by atoms with E-state index in [0.29, 0.717) is 10.7 Å². The third-order valence-corrected chi connectivity index (χ3v) is 2.55. The van der Waals surface area contributed by atoms with E-state index in [1.54, 1.807) is 12.1 Å². The molecule has 0 unspecified atom stereocenters. The molecular weight excluding hydrogens is 186 g/mol. The maximum atomic E-state index is 10.7. The minimum absolute atomic E-state index is 0.643. The van der Waals surface area contributed by atoms with E-state index in [2.05, 4.69) is 0 Å². The lowest BCUT2D eigenvalue weighted by molar-refractivity contribution is 0.112. The number of fused-ring (bicyclic) bond motifs is 1. The highest BCUT2D eigenvalue weighted by atomic mass is 35.5. The number of hydrogen-bond acceptors (Lipinski definition) is 1. The molecule has 0 spiro atoms.